The van der Waals surface area contributed by atoms with Crippen molar-refractivity contribution in [1.29, 1.82) is 0 Å². The Morgan fingerprint density at radius 1 is 1.53 bits per heavy atom. The van der Waals surface area contributed by atoms with Gasteiger partial charge in [-0.2, -0.15) is 0 Å². The number of rotatable bonds is 4. The van der Waals surface area contributed by atoms with Gasteiger partial charge in [0.25, 0.3) is 0 Å². The predicted molar refractivity (Wildman–Crippen MR) is 56.5 cm³/mol. The van der Waals surface area contributed by atoms with Crippen molar-refractivity contribution in [2.75, 3.05) is 0 Å². The van der Waals surface area contributed by atoms with E-state index in [0.717, 1.165) is 18.4 Å². The van der Waals surface area contributed by atoms with E-state index in [4.69, 9.17) is 5.11 Å². The van der Waals surface area contributed by atoms with Crippen molar-refractivity contribution in [2.45, 2.75) is 19.8 Å². The fraction of sp³-hybridized carbons (Fsp3) is 0.250. The number of aryl methyl sites for hydroxylation is 1. The van der Waals surface area contributed by atoms with Gasteiger partial charge in [0.15, 0.2) is 0 Å². The molecule has 0 saturated heterocycles. The van der Waals surface area contributed by atoms with Gasteiger partial charge in [-0.05, 0) is 37.5 Å². The van der Waals surface area contributed by atoms with Crippen LogP contribution in [0.3, 0.4) is 0 Å². The maximum Gasteiger partial charge on any atom is 0.338 e. The quantitative estimate of drug-likeness (QED) is 0.772. The van der Waals surface area contributed by atoms with E-state index in [1.165, 1.54) is 12.1 Å². The normalized spacial score (nSPS) is 10.8. The third-order valence-corrected chi connectivity index (χ3v) is 2.10. The third-order valence-electron chi connectivity index (χ3n) is 2.10. The van der Waals surface area contributed by atoms with E-state index >= 15 is 0 Å². The number of hydrogen-bond acceptors (Lipinski definition) is 1. The SMILES string of the molecule is CC=CCCc1ccc(C(=O)O)c(F)c1. The lowest BCUT2D eigenvalue weighted by Crippen LogP contribution is -2.01. The Morgan fingerprint density at radius 3 is 2.80 bits per heavy atom. The molecule has 3 heteroatoms. The molecule has 80 valence electrons. The topological polar surface area (TPSA) is 37.3 Å². The standard InChI is InChI=1S/C12H13FO2/c1-2-3-4-5-9-6-7-10(12(14)15)11(13)8-9/h2-3,6-8H,4-5H2,1H3,(H,14,15). The zero-order valence-electron chi connectivity index (χ0n) is 8.53. The second kappa shape index (κ2) is 5.29. The second-order valence-corrected chi connectivity index (χ2v) is 3.23. The van der Waals surface area contributed by atoms with Crippen LogP contribution in [-0.4, -0.2) is 11.1 Å². The number of aromatic carboxylic acids is 1. The summed E-state index contributed by atoms with van der Waals surface area (Å²) in [6, 6.07) is 4.24. The first-order chi connectivity index (χ1) is 7.15. The first kappa shape index (κ1) is 11.4. The van der Waals surface area contributed by atoms with Crippen LogP contribution in [0.4, 0.5) is 4.39 Å². The van der Waals surface area contributed by atoms with Crippen molar-refractivity contribution in [1.82, 2.24) is 0 Å². The summed E-state index contributed by atoms with van der Waals surface area (Å²) in [7, 11) is 0. The molecule has 0 spiro atoms. The van der Waals surface area contributed by atoms with E-state index in [0.29, 0.717) is 0 Å². The summed E-state index contributed by atoms with van der Waals surface area (Å²) in [6.45, 7) is 1.92. The minimum Gasteiger partial charge on any atom is -0.478 e. The highest BCUT2D eigenvalue weighted by Crippen LogP contribution is 2.12. The van der Waals surface area contributed by atoms with Crippen LogP contribution in [0.25, 0.3) is 0 Å². The van der Waals surface area contributed by atoms with Gasteiger partial charge >= 0.3 is 5.97 Å². The number of carboxylic acid groups (broad SMARTS) is 1. The van der Waals surface area contributed by atoms with Crippen molar-refractivity contribution < 1.29 is 14.3 Å². The summed E-state index contributed by atoms with van der Waals surface area (Å²) in [4.78, 5) is 10.5. The van der Waals surface area contributed by atoms with Gasteiger partial charge in [0.1, 0.15) is 5.82 Å². The second-order valence-electron chi connectivity index (χ2n) is 3.23. The van der Waals surface area contributed by atoms with E-state index < -0.39 is 11.8 Å². The van der Waals surface area contributed by atoms with Crippen molar-refractivity contribution in [3.63, 3.8) is 0 Å². The van der Waals surface area contributed by atoms with Crippen LogP contribution in [-0.2, 0) is 6.42 Å². The Bertz CT molecular complexity index is 383. The summed E-state index contributed by atoms with van der Waals surface area (Å²) in [5.74, 6) is -1.90. The molecule has 0 heterocycles. The van der Waals surface area contributed by atoms with Gasteiger partial charge in [0.2, 0.25) is 0 Å². The fourth-order valence-corrected chi connectivity index (χ4v) is 1.30. The smallest absolute Gasteiger partial charge is 0.338 e. The molecule has 0 aromatic heterocycles. The van der Waals surface area contributed by atoms with E-state index in [-0.39, 0.29) is 5.56 Å². The first-order valence-electron chi connectivity index (χ1n) is 4.78. The molecule has 0 aliphatic heterocycles. The van der Waals surface area contributed by atoms with Crippen molar-refractivity contribution in [3.8, 4) is 0 Å². The van der Waals surface area contributed by atoms with Crippen molar-refractivity contribution in [3.05, 3.63) is 47.3 Å². The van der Waals surface area contributed by atoms with Crippen LogP contribution < -0.4 is 0 Å². The monoisotopic (exact) mass is 208 g/mol. The molecule has 1 rings (SSSR count). The van der Waals surface area contributed by atoms with Crippen molar-refractivity contribution >= 4 is 5.97 Å². The minimum absolute atomic E-state index is 0.273. The summed E-state index contributed by atoms with van der Waals surface area (Å²) < 4.78 is 13.2. The van der Waals surface area contributed by atoms with Crippen LogP contribution in [0.2, 0.25) is 0 Å². The number of allylic oxidation sites excluding steroid dienone is 2. The number of carbonyl (C=O) groups is 1. The minimum atomic E-state index is -1.23. The van der Waals surface area contributed by atoms with E-state index in [1.54, 1.807) is 6.07 Å². The van der Waals surface area contributed by atoms with Gasteiger partial charge in [-0.1, -0.05) is 18.2 Å². The van der Waals surface area contributed by atoms with Crippen LogP contribution >= 0.6 is 0 Å². The molecule has 0 atom stereocenters. The maximum absolute atomic E-state index is 13.2. The van der Waals surface area contributed by atoms with Crippen LogP contribution in [0.5, 0.6) is 0 Å². The number of benzene rings is 1. The predicted octanol–water partition coefficient (Wildman–Crippen LogP) is 3.03. The van der Waals surface area contributed by atoms with Gasteiger partial charge in [0, 0.05) is 0 Å². The maximum atomic E-state index is 13.2. The zero-order chi connectivity index (χ0) is 11.3. The lowest BCUT2D eigenvalue weighted by molar-refractivity contribution is 0.0692. The highest BCUT2D eigenvalue weighted by Gasteiger charge is 2.09. The Balaban J connectivity index is 2.77. The Labute approximate surface area is 88.1 Å². The highest BCUT2D eigenvalue weighted by molar-refractivity contribution is 5.87. The van der Waals surface area contributed by atoms with Crippen LogP contribution in [0.15, 0.2) is 30.4 Å². The molecule has 0 unspecified atom stereocenters. The summed E-state index contributed by atoms with van der Waals surface area (Å²) in [5.41, 5.74) is 0.542. The molecule has 1 aromatic rings. The number of hydrogen-bond donors (Lipinski definition) is 1. The van der Waals surface area contributed by atoms with Gasteiger partial charge in [-0.25, -0.2) is 9.18 Å². The molecule has 0 saturated carbocycles. The number of carboxylic acids is 1. The van der Waals surface area contributed by atoms with E-state index in [9.17, 15) is 9.18 Å². The Hall–Kier alpha value is -1.64. The molecule has 0 aliphatic rings. The van der Waals surface area contributed by atoms with Crippen LogP contribution in [0.1, 0.15) is 29.3 Å². The molecule has 0 aliphatic carbocycles. The molecule has 0 fully saturated rings. The Kier molecular flexibility index (Phi) is 4.03. The lowest BCUT2D eigenvalue weighted by Gasteiger charge is -2.01. The van der Waals surface area contributed by atoms with Crippen molar-refractivity contribution in [2.24, 2.45) is 0 Å². The van der Waals surface area contributed by atoms with Crippen LogP contribution in [0, 0.1) is 5.82 Å². The largest absolute Gasteiger partial charge is 0.478 e. The highest BCUT2D eigenvalue weighted by atomic mass is 19.1. The average Bonchev–Trinajstić information content (AvgIpc) is 2.17. The summed E-state index contributed by atoms with van der Waals surface area (Å²) in [5, 5.41) is 8.62. The third kappa shape index (κ3) is 3.20. The van der Waals surface area contributed by atoms with E-state index in [2.05, 4.69) is 0 Å². The summed E-state index contributed by atoms with van der Waals surface area (Å²) in [6.07, 6.45) is 5.48. The van der Waals surface area contributed by atoms with Gasteiger partial charge in [-0.3, -0.25) is 0 Å². The molecular weight excluding hydrogens is 195 g/mol. The molecule has 1 aromatic carbocycles. The molecule has 15 heavy (non-hydrogen) atoms. The molecule has 2 nitrogen and oxygen atoms in total. The average molecular weight is 208 g/mol. The van der Waals surface area contributed by atoms with E-state index in [1.807, 2.05) is 19.1 Å². The molecule has 0 radical (unpaired) electrons. The molecular formula is C12H13FO2. The van der Waals surface area contributed by atoms with Gasteiger partial charge in [0.05, 0.1) is 5.56 Å². The summed E-state index contributed by atoms with van der Waals surface area (Å²) >= 11 is 0. The number of halogens is 1. The fourth-order valence-electron chi connectivity index (χ4n) is 1.30. The van der Waals surface area contributed by atoms with Gasteiger partial charge in [-0.15, -0.1) is 0 Å². The first-order valence-corrected chi connectivity index (χ1v) is 4.78. The zero-order valence-corrected chi connectivity index (χ0v) is 8.53. The van der Waals surface area contributed by atoms with Gasteiger partial charge < -0.3 is 5.11 Å². The Morgan fingerprint density at radius 2 is 2.27 bits per heavy atom. The molecule has 0 amide bonds. The lowest BCUT2D eigenvalue weighted by atomic mass is 10.1. The molecule has 0 bridgehead atoms. The molecule has 1 N–H and O–H groups in total.